The van der Waals surface area contributed by atoms with Gasteiger partial charge in [0.1, 0.15) is 0 Å². The number of rotatable bonds is 5. The Balaban J connectivity index is 2.26. The lowest BCUT2D eigenvalue weighted by Crippen LogP contribution is -2.26. The SMILES string of the molecule is Cc1sc(CCl)cc1S(=O)(=O)N(C)Cc1csc(Br)c1. The summed E-state index contributed by atoms with van der Waals surface area (Å²) in [6.07, 6.45) is 0. The van der Waals surface area contributed by atoms with Crippen molar-refractivity contribution in [3.05, 3.63) is 36.6 Å². The minimum absolute atomic E-state index is 0.336. The second-order valence-electron chi connectivity index (χ2n) is 4.29. The van der Waals surface area contributed by atoms with E-state index in [0.717, 1.165) is 19.1 Å². The Morgan fingerprint density at radius 2 is 2.10 bits per heavy atom. The molecular formula is C12H13BrClNO2S3. The lowest BCUT2D eigenvalue weighted by Gasteiger charge is -2.16. The van der Waals surface area contributed by atoms with E-state index in [4.69, 9.17) is 11.6 Å². The maximum absolute atomic E-state index is 12.6. The number of hydrogen-bond acceptors (Lipinski definition) is 4. The van der Waals surface area contributed by atoms with Gasteiger partial charge >= 0.3 is 0 Å². The molecule has 20 heavy (non-hydrogen) atoms. The van der Waals surface area contributed by atoms with E-state index in [1.165, 1.54) is 15.6 Å². The Hall–Kier alpha value is 0.0800. The smallest absolute Gasteiger partial charge is 0.207 e. The van der Waals surface area contributed by atoms with E-state index < -0.39 is 10.0 Å². The molecule has 0 aliphatic carbocycles. The van der Waals surface area contributed by atoms with Gasteiger partial charge in [0.2, 0.25) is 10.0 Å². The van der Waals surface area contributed by atoms with Crippen molar-refractivity contribution in [3.8, 4) is 0 Å². The fourth-order valence-electron chi connectivity index (χ4n) is 1.78. The van der Waals surface area contributed by atoms with E-state index in [1.807, 2.05) is 18.4 Å². The summed E-state index contributed by atoms with van der Waals surface area (Å²) in [5.74, 6) is 0.336. The van der Waals surface area contributed by atoms with Crippen molar-refractivity contribution in [3.63, 3.8) is 0 Å². The Morgan fingerprint density at radius 3 is 2.60 bits per heavy atom. The Morgan fingerprint density at radius 1 is 1.40 bits per heavy atom. The highest BCUT2D eigenvalue weighted by atomic mass is 79.9. The topological polar surface area (TPSA) is 37.4 Å². The third-order valence-corrected chi connectivity index (χ3v) is 7.88. The average molecular weight is 415 g/mol. The standard InChI is InChI=1S/C12H13BrClNO2S3/c1-8-11(4-10(5-14)19-8)20(16,17)15(2)6-9-3-12(13)18-7-9/h3-4,7H,5-6H2,1-2H3. The van der Waals surface area contributed by atoms with Crippen LogP contribution < -0.4 is 0 Å². The third-order valence-electron chi connectivity index (χ3n) is 2.77. The molecule has 0 aliphatic rings. The van der Waals surface area contributed by atoms with Crippen LogP contribution in [0.2, 0.25) is 0 Å². The first-order chi connectivity index (χ1) is 9.34. The van der Waals surface area contributed by atoms with Crippen LogP contribution in [0.15, 0.2) is 26.2 Å². The average Bonchev–Trinajstić information content (AvgIpc) is 2.95. The summed E-state index contributed by atoms with van der Waals surface area (Å²) in [6.45, 7) is 2.17. The molecule has 0 bridgehead atoms. The first-order valence-corrected chi connectivity index (χ1v) is 10.2. The Labute approximate surface area is 140 Å². The number of hydrogen-bond donors (Lipinski definition) is 0. The van der Waals surface area contributed by atoms with Gasteiger partial charge < -0.3 is 0 Å². The van der Waals surface area contributed by atoms with Crippen molar-refractivity contribution in [1.29, 1.82) is 0 Å². The molecule has 2 aromatic rings. The van der Waals surface area contributed by atoms with Crippen LogP contribution >= 0.6 is 50.2 Å². The normalized spacial score (nSPS) is 12.2. The minimum Gasteiger partial charge on any atom is -0.207 e. The molecule has 0 N–H and O–H groups in total. The first kappa shape index (κ1) is 16.5. The molecule has 2 rings (SSSR count). The van der Waals surface area contributed by atoms with Gasteiger partial charge in [-0.25, -0.2) is 8.42 Å². The van der Waals surface area contributed by atoms with Gasteiger partial charge in [-0.3, -0.25) is 0 Å². The molecule has 0 aliphatic heterocycles. The Kier molecular flexibility index (Phi) is 5.31. The van der Waals surface area contributed by atoms with Crippen molar-refractivity contribution in [2.24, 2.45) is 0 Å². The molecule has 0 saturated carbocycles. The third kappa shape index (κ3) is 3.45. The van der Waals surface area contributed by atoms with Crippen molar-refractivity contribution in [2.75, 3.05) is 7.05 Å². The fourth-order valence-corrected chi connectivity index (χ4v) is 5.83. The van der Waals surface area contributed by atoms with Gasteiger partial charge in [0, 0.05) is 23.3 Å². The molecule has 2 aromatic heterocycles. The van der Waals surface area contributed by atoms with E-state index in [9.17, 15) is 8.42 Å². The summed E-state index contributed by atoms with van der Waals surface area (Å²) >= 11 is 12.1. The van der Waals surface area contributed by atoms with Crippen LogP contribution in [0, 0.1) is 6.92 Å². The van der Waals surface area contributed by atoms with Crippen LogP contribution in [0.25, 0.3) is 0 Å². The molecule has 2 heterocycles. The highest BCUT2D eigenvalue weighted by Crippen LogP contribution is 2.30. The maximum atomic E-state index is 12.6. The van der Waals surface area contributed by atoms with E-state index in [2.05, 4.69) is 15.9 Å². The molecule has 0 saturated heterocycles. The van der Waals surface area contributed by atoms with Crippen LogP contribution in [0.3, 0.4) is 0 Å². The summed E-state index contributed by atoms with van der Waals surface area (Å²) in [6, 6.07) is 3.60. The second-order valence-corrected chi connectivity index (χ2v) is 10.2. The van der Waals surface area contributed by atoms with Crippen molar-refractivity contribution in [2.45, 2.75) is 24.2 Å². The van der Waals surface area contributed by atoms with Crippen molar-refractivity contribution >= 4 is 60.2 Å². The predicted molar refractivity (Wildman–Crippen MR) is 89.3 cm³/mol. The number of nitrogens with zero attached hydrogens (tertiary/aromatic N) is 1. The molecule has 0 fully saturated rings. The molecule has 110 valence electrons. The van der Waals surface area contributed by atoms with E-state index in [1.54, 1.807) is 24.5 Å². The summed E-state index contributed by atoms with van der Waals surface area (Å²) in [5, 5.41) is 1.95. The van der Waals surface area contributed by atoms with Gasteiger partial charge in [0.05, 0.1) is 14.6 Å². The molecule has 0 unspecified atom stereocenters. The van der Waals surface area contributed by atoms with Gasteiger partial charge in [-0.1, -0.05) is 0 Å². The molecule has 0 spiro atoms. The van der Waals surface area contributed by atoms with Crippen molar-refractivity contribution in [1.82, 2.24) is 4.31 Å². The van der Waals surface area contributed by atoms with Crippen LogP contribution in [0.4, 0.5) is 0 Å². The largest absolute Gasteiger partial charge is 0.244 e. The van der Waals surface area contributed by atoms with Gasteiger partial charge in [0.15, 0.2) is 0 Å². The van der Waals surface area contributed by atoms with Crippen LogP contribution in [0.1, 0.15) is 15.3 Å². The van der Waals surface area contributed by atoms with Gasteiger partial charge in [-0.2, -0.15) is 4.31 Å². The molecule has 0 amide bonds. The molecule has 0 radical (unpaired) electrons. The molecule has 8 heteroatoms. The molecular weight excluding hydrogens is 402 g/mol. The number of halogens is 2. The summed E-state index contributed by atoms with van der Waals surface area (Å²) in [7, 11) is -1.88. The maximum Gasteiger partial charge on any atom is 0.244 e. The van der Waals surface area contributed by atoms with Gasteiger partial charge in [-0.15, -0.1) is 34.3 Å². The zero-order valence-corrected chi connectivity index (χ0v) is 15.7. The highest BCUT2D eigenvalue weighted by Gasteiger charge is 2.25. The van der Waals surface area contributed by atoms with Crippen LogP contribution in [-0.4, -0.2) is 19.8 Å². The second kappa shape index (κ2) is 6.46. The van der Waals surface area contributed by atoms with E-state index in [-0.39, 0.29) is 0 Å². The summed E-state index contributed by atoms with van der Waals surface area (Å²) in [5.41, 5.74) is 0.971. The lowest BCUT2D eigenvalue weighted by molar-refractivity contribution is 0.467. The Bertz CT molecular complexity index is 708. The monoisotopic (exact) mass is 413 g/mol. The van der Waals surface area contributed by atoms with Crippen LogP contribution in [-0.2, 0) is 22.4 Å². The lowest BCUT2D eigenvalue weighted by atomic mass is 10.3. The number of alkyl halides is 1. The fraction of sp³-hybridized carbons (Fsp3) is 0.333. The molecule has 0 aromatic carbocycles. The number of aryl methyl sites for hydroxylation is 1. The molecule has 3 nitrogen and oxygen atoms in total. The zero-order chi connectivity index (χ0) is 14.9. The first-order valence-electron chi connectivity index (χ1n) is 5.69. The quantitative estimate of drug-likeness (QED) is 0.678. The van der Waals surface area contributed by atoms with Crippen LogP contribution in [0.5, 0.6) is 0 Å². The highest BCUT2D eigenvalue weighted by molar-refractivity contribution is 9.11. The van der Waals surface area contributed by atoms with E-state index in [0.29, 0.717) is 17.3 Å². The van der Waals surface area contributed by atoms with E-state index >= 15 is 0 Å². The van der Waals surface area contributed by atoms with Gasteiger partial charge in [-0.05, 0) is 45.9 Å². The summed E-state index contributed by atoms with van der Waals surface area (Å²) < 4.78 is 27.5. The number of sulfonamides is 1. The van der Waals surface area contributed by atoms with Crippen molar-refractivity contribution < 1.29 is 8.42 Å². The summed E-state index contributed by atoms with van der Waals surface area (Å²) in [4.78, 5) is 2.00. The predicted octanol–water partition coefficient (Wildman–Crippen LogP) is 4.44. The van der Waals surface area contributed by atoms with Gasteiger partial charge in [0.25, 0.3) is 0 Å². The minimum atomic E-state index is -3.47. The zero-order valence-electron chi connectivity index (χ0n) is 10.9. The number of thiophene rings is 2. The molecule has 0 atom stereocenters.